The highest BCUT2D eigenvalue weighted by Gasteiger charge is 2.34. The van der Waals surface area contributed by atoms with E-state index in [1.54, 1.807) is 7.11 Å². The number of benzene rings is 2. The number of aromatic nitrogens is 3. The fourth-order valence-electron chi connectivity index (χ4n) is 4.33. The Bertz CT molecular complexity index is 1420. The molecular weight excluding hydrogens is 403 g/mol. The average molecular weight is 423 g/mol. The van der Waals surface area contributed by atoms with E-state index in [1.807, 2.05) is 23.5 Å². The van der Waals surface area contributed by atoms with Crippen LogP contribution in [-0.2, 0) is 6.42 Å². The van der Waals surface area contributed by atoms with E-state index in [0.29, 0.717) is 6.54 Å². The SMILES string of the molecule is COc1ccc2[nH]c3c(c2c1)CC[NH2+][C@@H]3c1c(O)n(-c2ccc(F)cc2)c(=O)[nH]c1=O. The lowest BCUT2D eigenvalue weighted by molar-refractivity contribution is -0.690. The molecule has 2 aromatic heterocycles. The third-order valence-corrected chi connectivity index (χ3v) is 5.77. The number of quaternary nitrogens is 1. The molecule has 9 heteroatoms. The predicted molar refractivity (Wildman–Crippen MR) is 111 cm³/mol. The summed E-state index contributed by atoms with van der Waals surface area (Å²) in [6.07, 6.45) is 0.773. The molecule has 0 radical (unpaired) electrons. The fourth-order valence-corrected chi connectivity index (χ4v) is 4.33. The maximum absolute atomic E-state index is 13.3. The number of hydrogen-bond donors (Lipinski definition) is 4. The largest absolute Gasteiger partial charge is 0.497 e. The number of halogens is 1. The first-order valence-electron chi connectivity index (χ1n) is 9.84. The minimum Gasteiger partial charge on any atom is -0.497 e. The molecule has 5 N–H and O–H groups in total. The molecule has 1 aliphatic rings. The van der Waals surface area contributed by atoms with Gasteiger partial charge in [-0.15, -0.1) is 0 Å². The number of aromatic hydroxyl groups is 1. The first kappa shape index (κ1) is 19.1. The van der Waals surface area contributed by atoms with Crippen molar-refractivity contribution >= 4 is 10.9 Å². The van der Waals surface area contributed by atoms with Crippen LogP contribution in [0.3, 0.4) is 0 Å². The normalized spacial score (nSPS) is 15.7. The topological polar surface area (TPSA) is 117 Å². The van der Waals surface area contributed by atoms with Crippen molar-refractivity contribution in [2.45, 2.75) is 12.5 Å². The summed E-state index contributed by atoms with van der Waals surface area (Å²) in [5, 5.41) is 13.9. The van der Waals surface area contributed by atoms with Crippen LogP contribution in [-0.4, -0.2) is 33.3 Å². The Morgan fingerprint density at radius 1 is 1.16 bits per heavy atom. The predicted octanol–water partition coefficient (Wildman–Crippen LogP) is 1.07. The van der Waals surface area contributed by atoms with Crippen LogP contribution in [0.25, 0.3) is 16.6 Å². The van der Waals surface area contributed by atoms with Gasteiger partial charge in [-0.3, -0.25) is 9.78 Å². The van der Waals surface area contributed by atoms with Gasteiger partial charge >= 0.3 is 5.69 Å². The third kappa shape index (κ3) is 3.01. The number of fused-ring (bicyclic) bond motifs is 3. The molecule has 0 spiro atoms. The van der Waals surface area contributed by atoms with Crippen LogP contribution >= 0.6 is 0 Å². The molecule has 31 heavy (non-hydrogen) atoms. The Morgan fingerprint density at radius 3 is 2.68 bits per heavy atom. The Labute approximate surface area is 174 Å². The molecule has 1 atom stereocenters. The second kappa shape index (κ2) is 7.13. The van der Waals surface area contributed by atoms with Crippen LogP contribution in [0.1, 0.15) is 22.9 Å². The van der Waals surface area contributed by atoms with Gasteiger partial charge in [0.15, 0.2) is 6.04 Å². The highest BCUT2D eigenvalue weighted by atomic mass is 19.1. The number of aromatic amines is 2. The molecule has 2 aromatic carbocycles. The maximum atomic E-state index is 13.3. The number of nitrogens with two attached hydrogens (primary N) is 1. The molecular formula is C22H20FN4O4+. The lowest BCUT2D eigenvalue weighted by atomic mass is 9.95. The van der Waals surface area contributed by atoms with Crippen molar-refractivity contribution in [1.82, 2.24) is 14.5 Å². The molecule has 0 saturated carbocycles. The van der Waals surface area contributed by atoms with Crippen LogP contribution in [0.5, 0.6) is 11.6 Å². The van der Waals surface area contributed by atoms with Crippen LogP contribution in [0.2, 0.25) is 0 Å². The number of rotatable bonds is 3. The Kier molecular flexibility index (Phi) is 4.40. The van der Waals surface area contributed by atoms with Crippen molar-refractivity contribution in [2.75, 3.05) is 13.7 Å². The quantitative estimate of drug-likeness (QED) is 0.394. The Balaban J connectivity index is 1.72. The molecule has 0 aliphatic carbocycles. The summed E-state index contributed by atoms with van der Waals surface area (Å²) in [6, 6.07) is 10.3. The monoisotopic (exact) mass is 423 g/mol. The second-order valence-electron chi connectivity index (χ2n) is 7.49. The zero-order chi connectivity index (χ0) is 21.7. The summed E-state index contributed by atoms with van der Waals surface area (Å²) >= 11 is 0. The number of H-pyrrole nitrogens is 2. The zero-order valence-electron chi connectivity index (χ0n) is 16.6. The van der Waals surface area contributed by atoms with Crippen molar-refractivity contribution < 1.29 is 19.6 Å². The van der Waals surface area contributed by atoms with E-state index in [4.69, 9.17) is 4.74 Å². The molecule has 0 amide bonds. The fraction of sp³-hybridized carbons (Fsp3) is 0.182. The van der Waals surface area contributed by atoms with Gasteiger partial charge < -0.3 is 20.1 Å². The minimum absolute atomic E-state index is 0.0587. The molecule has 0 fully saturated rings. The summed E-state index contributed by atoms with van der Waals surface area (Å²) in [6.45, 7) is 0.691. The summed E-state index contributed by atoms with van der Waals surface area (Å²) < 4.78 is 19.6. The highest BCUT2D eigenvalue weighted by Crippen LogP contribution is 2.34. The summed E-state index contributed by atoms with van der Waals surface area (Å²) in [7, 11) is 1.60. The van der Waals surface area contributed by atoms with Crippen LogP contribution in [0.15, 0.2) is 52.1 Å². The molecule has 0 bridgehead atoms. The van der Waals surface area contributed by atoms with E-state index in [-0.39, 0.29) is 11.3 Å². The summed E-state index contributed by atoms with van der Waals surface area (Å²) in [4.78, 5) is 30.9. The van der Waals surface area contributed by atoms with Crippen LogP contribution < -0.4 is 21.3 Å². The smallest absolute Gasteiger partial charge is 0.335 e. The van der Waals surface area contributed by atoms with E-state index in [1.165, 1.54) is 24.3 Å². The van der Waals surface area contributed by atoms with E-state index < -0.39 is 29.0 Å². The number of nitrogens with one attached hydrogen (secondary N) is 2. The Morgan fingerprint density at radius 2 is 1.94 bits per heavy atom. The Hall–Kier alpha value is -3.85. The molecule has 8 nitrogen and oxygen atoms in total. The van der Waals surface area contributed by atoms with Gasteiger partial charge in [-0.2, -0.15) is 0 Å². The van der Waals surface area contributed by atoms with E-state index in [2.05, 4.69) is 9.97 Å². The van der Waals surface area contributed by atoms with Crippen molar-refractivity contribution in [1.29, 1.82) is 0 Å². The summed E-state index contributed by atoms with van der Waals surface area (Å²) in [5.74, 6) is -0.212. The first-order chi connectivity index (χ1) is 15.0. The van der Waals surface area contributed by atoms with Crippen molar-refractivity contribution in [3.63, 3.8) is 0 Å². The molecule has 5 rings (SSSR count). The molecule has 3 heterocycles. The average Bonchev–Trinajstić information content (AvgIpc) is 3.13. The third-order valence-electron chi connectivity index (χ3n) is 5.77. The molecule has 158 valence electrons. The lowest BCUT2D eigenvalue weighted by Crippen LogP contribution is -2.87. The van der Waals surface area contributed by atoms with Crippen LogP contribution in [0.4, 0.5) is 4.39 Å². The number of methoxy groups -OCH3 is 1. The lowest BCUT2D eigenvalue weighted by Gasteiger charge is -2.22. The van der Waals surface area contributed by atoms with Gasteiger partial charge in [0.1, 0.15) is 17.1 Å². The van der Waals surface area contributed by atoms with E-state index in [9.17, 15) is 19.1 Å². The van der Waals surface area contributed by atoms with Crippen LogP contribution in [0, 0.1) is 5.82 Å². The molecule has 0 saturated heterocycles. The van der Waals surface area contributed by atoms with Gasteiger partial charge in [0.25, 0.3) is 5.56 Å². The number of nitrogens with zero attached hydrogens (tertiary/aromatic N) is 1. The number of hydrogen-bond acceptors (Lipinski definition) is 4. The first-order valence-corrected chi connectivity index (χ1v) is 9.84. The maximum Gasteiger partial charge on any atom is 0.335 e. The van der Waals surface area contributed by atoms with E-state index in [0.717, 1.165) is 38.9 Å². The van der Waals surface area contributed by atoms with Gasteiger partial charge in [-0.1, -0.05) is 0 Å². The standard InChI is InChI=1S/C22H19FN4O4/c1-31-13-6-7-16-15(10-13)14-8-9-24-19(18(14)25-16)17-20(28)26-22(30)27(21(17)29)12-4-2-11(23)3-5-12/h2-7,10,19,24-25,29H,8-9H2,1H3,(H,26,28,30)/p+1/t19-/m1/s1. The van der Waals surface area contributed by atoms with Crippen molar-refractivity contribution in [3.05, 3.63) is 85.9 Å². The highest BCUT2D eigenvalue weighted by molar-refractivity contribution is 5.86. The number of ether oxygens (including phenoxy) is 1. The van der Waals surface area contributed by atoms with Gasteiger partial charge in [-0.25, -0.2) is 13.8 Å². The molecule has 1 aliphatic heterocycles. The zero-order valence-corrected chi connectivity index (χ0v) is 16.6. The van der Waals surface area contributed by atoms with E-state index >= 15 is 0 Å². The van der Waals surface area contributed by atoms with Gasteiger partial charge in [-0.05, 0) is 48.0 Å². The van der Waals surface area contributed by atoms with Crippen molar-refractivity contribution in [2.24, 2.45) is 0 Å². The minimum atomic E-state index is -0.796. The van der Waals surface area contributed by atoms with Gasteiger partial charge in [0.05, 0.1) is 25.0 Å². The summed E-state index contributed by atoms with van der Waals surface area (Å²) in [5.41, 5.74) is 1.58. The second-order valence-corrected chi connectivity index (χ2v) is 7.49. The van der Waals surface area contributed by atoms with Crippen molar-refractivity contribution in [3.8, 4) is 17.3 Å². The van der Waals surface area contributed by atoms with Gasteiger partial charge in [0, 0.05) is 17.3 Å². The molecule has 0 unspecified atom stereocenters. The molecule has 4 aromatic rings. The van der Waals surface area contributed by atoms with Gasteiger partial charge in [0.2, 0.25) is 5.88 Å².